The maximum atomic E-state index is 13.6. The Morgan fingerprint density at radius 1 is 0.902 bits per heavy atom. The molecule has 1 atom stereocenters. The zero-order chi connectivity index (χ0) is 28.9. The third kappa shape index (κ3) is 5.76. The second-order valence-electron chi connectivity index (χ2n) is 9.46. The number of fused-ring (bicyclic) bond motifs is 1. The minimum Gasteiger partial charge on any atom is -0.507 e. The fraction of sp³-hybridized carbons (Fsp3) is 0.281. The number of benzene rings is 3. The van der Waals surface area contributed by atoms with Gasteiger partial charge < -0.3 is 19.3 Å². The summed E-state index contributed by atoms with van der Waals surface area (Å²) in [4.78, 5) is 33.3. The monoisotopic (exact) mass is 572 g/mol. The molecule has 212 valence electrons. The lowest BCUT2D eigenvalue weighted by Gasteiger charge is -2.23. The summed E-state index contributed by atoms with van der Waals surface area (Å²) in [7, 11) is 0. The van der Waals surface area contributed by atoms with Crippen LogP contribution >= 0.6 is 11.3 Å². The Morgan fingerprint density at radius 2 is 1.61 bits per heavy atom. The van der Waals surface area contributed by atoms with Crippen LogP contribution in [0.4, 0.5) is 5.13 Å². The summed E-state index contributed by atoms with van der Waals surface area (Å²) < 4.78 is 17.9. The number of amides is 1. The lowest BCUT2D eigenvalue weighted by molar-refractivity contribution is -0.132. The van der Waals surface area contributed by atoms with Crippen LogP contribution in [0, 0.1) is 0 Å². The molecule has 1 amide bonds. The fourth-order valence-electron chi connectivity index (χ4n) is 4.73. The molecule has 1 unspecified atom stereocenters. The van der Waals surface area contributed by atoms with Crippen molar-refractivity contribution in [2.45, 2.75) is 39.7 Å². The van der Waals surface area contributed by atoms with Crippen molar-refractivity contribution in [1.29, 1.82) is 0 Å². The number of aliphatic hydroxyl groups excluding tert-OH is 1. The topological polar surface area (TPSA) is 98.2 Å². The largest absolute Gasteiger partial charge is 0.507 e. The summed E-state index contributed by atoms with van der Waals surface area (Å²) in [5.41, 5.74) is 1.68. The molecular formula is C32H32N2O6S. The van der Waals surface area contributed by atoms with E-state index in [1.165, 1.54) is 16.2 Å². The first-order valence-corrected chi connectivity index (χ1v) is 14.6. The maximum Gasteiger partial charge on any atom is 0.301 e. The molecule has 0 saturated carbocycles. The van der Waals surface area contributed by atoms with Gasteiger partial charge in [-0.15, -0.1) is 0 Å². The third-order valence-electron chi connectivity index (χ3n) is 6.69. The molecule has 9 heteroatoms. The Labute approximate surface area is 242 Å². The molecule has 41 heavy (non-hydrogen) atoms. The van der Waals surface area contributed by atoms with E-state index in [2.05, 4.69) is 6.92 Å². The predicted octanol–water partition coefficient (Wildman–Crippen LogP) is 6.90. The summed E-state index contributed by atoms with van der Waals surface area (Å²) in [6.07, 6.45) is 1.96. The molecule has 1 aromatic heterocycles. The highest BCUT2D eigenvalue weighted by Gasteiger charge is 2.48. The second-order valence-corrected chi connectivity index (χ2v) is 10.5. The van der Waals surface area contributed by atoms with E-state index in [9.17, 15) is 14.7 Å². The van der Waals surface area contributed by atoms with Gasteiger partial charge in [0.15, 0.2) is 5.13 Å². The van der Waals surface area contributed by atoms with E-state index >= 15 is 0 Å². The first-order chi connectivity index (χ1) is 19.9. The van der Waals surface area contributed by atoms with Gasteiger partial charge in [-0.25, -0.2) is 4.98 Å². The maximum absolute atomic E-state index is 13.6. The Morgan fingerprint density at radius 3 is 2.32 bits per heavy atom. The van der Waals surface area contributed by atoms with E-state index in [-0.39, 0.29) is 11.3 Å². The highest BCUT2D eigenvalue weighted by atomic mass is 32.1. The number of ketones is 1. The Bertz CT molecular complexity index is 1590. The number of unbranched alkanes of at least 4 members (excludes halogenated alkanes) is 1. The van der Waals surface area contributed by atoms with Crippen LogP contribution in [0.5, 0.6) is 17.2 Å². The van der Waals surface area contributed by atoms with Gasteiger partial charge >= 0.3 is 5.91 Å². The van der Waals surface area contributed by atoms with Crippen molar-refractivity contribution in [3.05, 3.63) is 83.4 Å². The van der Waals surface area contributed by atoms with Crippen LogP contribution in [0.1, 0.15) is 50.8 Å². The van der Waals surface area contributed by atoms with Gasteiger partial charge in [0.1, 0.15) is 23.0 Å². The van der Waals surface area contributed by atoms with Crippen LogP contribution in [0.15, 0.2) is 72.3 Å². The van der Waals surface area contributed by atoms with Gasteiger partial charge in [0.2, 0.25) is 0 Å². The van der Waals surface area contributed by atoms with Crippen molar-refractivity contribution in [1.82, 2.24) is 4.98 Å². The summed E-state index contributed by atoms with van der Waals surface area (Å²) in [5.74, 6) is 0.109. The van der Waals surface area contributed by atoms with Crippen molar-refractivity contribution in [2.24, 2.45) is 0 Å². The van der Waals surface area contributed by atoms with Crippen LogP contribution in [-0.4, -0.2) is 41.6 Å². The van der Waals surface area contributed by atoms with E-state index in [1.807, 2.05) is 56.3 Å². The average Bonchev–Trinajstić information content (AvgIpc) is 3.51. The van der Waals surface area contributed by atoms with E-state index in [0.29, 0.717) is 58.8 Å². The van der Waals surface area contributed by atoms with Gasteiger partial charge in [0, 0.05) is 5.56 Å². The van der Waals surface area contributed by atoms with Crippen LogP contribution < -0.4 is 19.1 Å². The van der Waals surface area contributed by atoms with Gasteiger partial charge in [-0.2, -0.15) is 0 Å². The molecule has 0 spiro atoms. The molecule has 1 fully saturated rings. The van der Waals surface area contributed by atoms with Crippen LogP contribution in [-0.2, 0) is 9.59 Å². The molecular weight excluding hydrogens is 540 g/mol. The molecule has 1 N–H and O–H groups in total. The molecule has 0 bridgehead atoms. The molecule has 1 aliphatic heterocycles. The highest BCUT2D eigenvalue weighted by molar-refractivity contribution is 7.22. The quantitative estimate of drug-likeness (QED) is 0.0904. The molecule has 1 saturated heterocycles. The fourth-order valence-corrected chi connectivity index (χ4v) is 5.75. The van der Waals surface area contributed by atoms with Crippen molar-refractivity contribution in [3.8, 4) is 17.2 Å². The Kier molecular flexibility index (Phi) is 8.54. The van der Waals surface area contributed by atoms with Crippen LogP contribution in [0.25, 0.3) is 16.0 Å². The number of aromatic nitrogens is 1. The molecule has 1 aliphatic rings. The second kappa shape index (κ2) is 12.4. The Hall–Kier alpha value is -4.37. The summed E-state index contributed by atoms with van der Waals surface area (Å²) >= 11 is 1.29. The summed E-state index contributed by atoms with van der Waals surface area (Å²) in [6.45, 7) is 7.44. The number of hydrogen-bond donors (Lipinski definition) is 1. The van der Waals surface area contributed by atoms with Crippen molar-refractivity contribution in [3.63, 3.8) is 0 Å². The predicted molar refractivity (Wildman–Crippen MR) is 160 cm³/mol. The number of rotatable bonds is 11. The summed E-state index contributed by atoms with van der Waals surface area (Å²) in [5, 5.41) is 11.8. The third-order valence-corrected chi connectivity index (χ3v) is 7.71. The summed E-state index contributed by atoms with van der Waals surface area (Å²) in [6, 6.07) is 18.7. The lowest BCUT2D eigenvalue weighted by Crippen LogP contribution is -2.29. The van der Waals surface area contributed by atoms with Crippen molar-refractivity contribution in [2.75, 3.05) is 24.7 Å². The Balaban J connectivity index is 1.62. The molecule has 5 rings (SSSR count). The number of anilines is 1. The number of hydrogen-bond acceptors (Lipinski definition) is 8. The van der Waals surface area contributed by atoms with Crippen molar-refractivity contribution < 1.29 is 28.9 Å². The molecule has 0 radical (unpaired) electrons. The minimum atomic E-state index is -0.901. The zero-order valence-corrected chi connectivity index (χ0v) is 24.1. The number of Topliss-reactive ketones (excluding diaryl/α,β-unsaturated/α-hetero) is 1. The smallest absolute Gasteiger partial charge is 0.301 e. The van der Waals surface area contributed by atoms with Crippen molar-refractivity contribution >= 4 is 44.1 Å². The molecule has 3 aromatic carbocycles. The first kappa shape index (κ1) is 28.2. The molecule has 2 heterocycles. The van der Waals surface area contributed by atoms with E-state index in [1.54, 1.807) is 24.3 Å². The zero-order valence-electron chi connectivity index (χ0n) is 23.3. The average molecular weight is 573 g/mol. The van der Waals surface area contributed by atoms with Crippen LogP contribution in [0.3, 0.4) is 0 Å². The van der Waals surface area contributed by atoms with E-state index in [4.69, 9.17) is 19.2 Å². The van der Waals surface area contributed by atoms with E-state index < -0.39 is 17.7 Å². The molecule has 8 nitrogen and oxygen atoms in total. The van der Waals surface area contributed by atoms with Gasteiger partial charge in [0.25, 0.3) is 5.78 Å². The van der Waals surface area contributed by atoms with Gasteiger partial charge in [-0.1, -0.05) is 48.9 Å². The lowest BCUT2D eigenvalue weighted by atomic mass is 9.95. The van der Waals surface area contributed by atoms with Crippen LogP contribution in [0.2, 0.25) is 0 Å². The molecule has 4 aromatic rings. The highest BCUT2D eigenvalue weighted by Crippen LogP contribution is 2.45. The number of ether oxygens (including phenoxy) is 3. The molecule has 0 aliphatic carbocycles. The number of carbonyl (C=O) groups excluding carboxylic acids is 2. The van der Waals surface area contributed by atoms with Gasteiger partial charge in [-0.05, 0) is 68.3 Å². The number of nitrogens with zero attached hydrogens (tertiary/aromatic N) is 2. The normalized spacial score (nSPS) is 16.4. The SMILES string of the molecule is CCCCOc1ccc(C2C(=C(O)c3cccc(OCC)c3)C(=O)C(=O)N2c2nc3ccc(OCC)cc3s2)cc1. The first-order valence-electron chi connectivity index (χ1n) is 13.8. The van der Waals surface area contributed by atoms with Gasteiger partial charge in [-0.3, -0.25) is 14.5 Å². The minimum absolute atomic E-state index is 0.0161. The van der Waals surface area contributed by atoms with Gasteiger partial charge in [0.05, 0.1) is 41.7 Å². The number of thiazole rings is 1. The number of aliphatic hydroxyl groups is 1. The van der Waals surface area contributed by atoms with E-state index in [0.717, 1.165) is 17.5 Å². The standard InChI is InChI=1S/C32H32N2O6S/c1-4-7-17-40-22-13-11-20(12-14-22)28-27(29(35)21-9-8-10-23(18-21)38-5-2)30(36)31(37)34(28)32-33-25-16-15-24(39-6-3)19-26(25)41-32/h8-16,18-19,28,35H,4-7,17H2,1-3H3. The number of carbonyl (C=O) groups is 2.